The topological polar surface area (TPSA) is 69.4 Å². The maximum atomic E-state index is 11.7. The Balaban J connectivity index is 2.63. The zero-order valence-corrected chi connectivity index (χ0v) is 9.58. The number of carbonyl (C=O) groups excluding carboxylic acids is 2. The van der Waals surface area contributed by atoms with Gasteiger partial charge in [0.05, 0.1) is 12.0 Å². The fourth-order valence-electron chi connectivity index (χ4n) is 1.71. The lowest BCUT2D eigenvalue weighted by atomic mass is 9.84. The maximum Gasteiger partial charge on any atom is 0.311 e. The first-order valence-corrected chi connectivity index (χ1v) is 5.32. The van der Waals surface area contributed by atoms with Gasteiger partial charge in [0.1, 0.15) is 11.4 Å². The summed E-state index contributed by atoms with van der Waals surface area (Å²) in [6.45, 7) is 5.42. The zero-order valence-electron chi connectivity index (χ0n) is 9.58. The van der Waals surface area contributed by atoms with Crippen molar-refractivity contribution in [2.75, 3.05) is 0 Å². The highest BCUT2D eigenvalue weighted by atomic mass is 16.6. The van der Waals surface area contributed by atoms with Crippen molar-refractivity contribution in [3.8, 4) is 0 Å². The van der Waals surface area contributed by atoms with E-state index in [4.69, 9.17) is 10.5 Å². The van der Waals surface area contributed by atoms with E-state index in [1.165, 1.54) is 0 Å². The average Bonchev–Trinajstić information content (AvgIpc) is 2.06. The highest BCUT2D eigenvalue weighted by molar-refractivity contribution is 5.90. The summed E-state index contributed by atoms with van der Waals surface area (Å²) >= 11 is 0. The molecule has 86 valence electrons. The van der Waals surface area contributed by atoms with Gasteiger partial charge in [0.2, 0.25) is 0 Å². The van der Waals surface area contributed by atoms with E-state index in [0.717, 1.165) is 6.42 Å². The van der Waals surface area contributed by atoms with Gasteiger partial charge in [-0.2, -0.15) is 0 Å². The summed E-state index contributed by atoms with van der Waals surface area (Å²) in [5.74, 6) is -0.828. The molecule has 4 nitrogen and oxygen atoms in total. The Labute approximate surface area is 90.2 Å². The Morgan fingerprint density at radius 3 is 2.60 bits per heavy atom. The molecule has 0 heterocycles. The smallest absolute Gasteiger partial charge is 0.311 e. The molecular formula is C11H19NO3. The van der Waals surface area contributed by atoms with Crippen LogP contribution in [0.2, 0.25) is 0 Å². The largest absolute Gasteiger partial charge is 0.460 e. The van der Waals surface area contributed by atoms with Crippen LogP contribution in [0.4, 0.5) is 0 Å². The third-order valence-corrected chi connectivity index (χ3v) is 2.45. The van der Waals surface area contributed by atoms with Crippen molar-refractivity contribution in [2.45, 2.75) is 51.7 Å². The maximum absolute atomic E-state index is 11.7. The molecule has 1 rings (SSSR count). The van der Waals surface area contributed by atoms with Gasteiger partial charge >= 0.3 is 5.97 Å². The summed E-state index contributed by atoms with van der Waals surface area (Å²) in [6.07, 6.45) is 1.87. The Kier molecular flexibility index (Phi) is 3.50. The molecule has 0 saturated heterocycles. The molecular weight excluding hydrogens is 194 g/mol. The van der Waals surface area contributed by atoms with E-state index in [9.17, 15) is 9.59 Å². The number of rotatable bonds is 1. The minimum Gasteiger partial charge on any atom is -0.460 e. The van der Waals surface area contributed by atoms with Gasteiger partial charge in [-0.3, -0.25) is 9.59 Å². The molecule has 0 aliphatic heterocycles. The molecule has 1 aliphatic rings. The standard InChI is InChI=1S/C11H19NO3/c1-11(2,3)15-10(14)7-5-4-6-8(13)9(7)12/h7,9H,4-6,12H2,1-3H3/t7?,9-/m1/s1. The predicted molar refractivity (Wildman–Crippen MR) is 56.2 cm³/mol. The molecule has 1 aliphatic carbocycles. The molecule has 4 heteroatoms. The summed E-state index contributed by atoms with van der Waals surface area (Å²) in [4.78, 5) is 23.1. The van der Waals surface area contributed by atoms with E-state index >= 15 is 0 Å². The molecule has 0 aromatic carbocycles. The minimum absolute atomic E-state index is 0.0305. The van der Waals surface area contributed by atoms with Crippen LogP contribution in [0.5, 0.6) is 0 Å². The molecule has 15 heavy (non-hydrogen) atoms. The molecule has 0 aromatic rings. The average molecular weight is 213 g/mol. The predicted octanol–water partition coefficient (Wildman–Crippen LogP) is 1.02. The lowest BCUT2D eigenvalue weighted by molar-refractivity contribution is -0.163. The van der Waals surface area contributed by atoms with Crippen LogP contribution >= 0.6 is 0 Å². The SMILES string of the molecule is CC(C)(C)OC(=O)C1CCCC(=O)[C@@H]1N. The first-order valence-electron chi connectivity index (χ1n) is 5.32. The number of carbonyl (C=O) groups is 2. The van der Waals surface area contributed by atoms with E-state index < -0.39 is 17.6 Å². The van der Waals surface area contributed by atoms with Gasteiger partial charge in [-0.1, -0.05) is 0 Å². The number of hydrogen-bond donors (Lipinski definition) is 1. The monoisotopic (exact) mass is 213 g/mol. The third kappa shape index (κ3) is 3.30. The first-order chi connectivity index (χ1) is 6.81. The summed E-state index contributed by atoms with van der Waals surface area (Å²) in [5.41, 5.74) is 5.18. The number of hydrogen-bond acceptors (Lipinski definition) is 4. The number of ether oxygens (including phenoxy) is 1. The molecule has 2 atom stereocenters. The summed E-state index contributed by atoms with van der Waals surface area (Å²) in [7, 11) is 0. The van der Waals surface area contributed by atoms with Crippen molar-refractivity contribution >= 4 is 11.8 Å². The molecule has 1 fully saturated rings. The second-order valence-electron chi connectivity index (χ2n) is 5.02. The highest BCUT2D eigenvalue weighted by Crippen LogP contribution is 2.23. The fraction of sp³-hybridized carbons (Fsp3) is 0.818. The van der Waals surface area contributed by atoms with Crippen molar-refractivity contribution in [3.63, 3.8) is 0 Å². The Morgan fingerprint density at radius 1 is 1.47 bits per heavy atom. The molecule has 2 N–H and O–H groups in total. The van der Waals surface area contributed by atoms with E-state index in [0.29, 0.717) is 12.8 Å². The Bertz CT molecular complexity index is 267. The third-order valence-electron chi connectivity index (χ3n) is 2.45. The van der Waals surface area contributed by atoms with Crippen LogP contribution in [0.1, 0.15) is 40.0 Å². The van der Waals surface area contributed by atoms with Gasteiger partial charge in [0, 0.05) is 6.42 Å². The van der Waals surface area contributed by atoms with Crippen LogP contribution in [0.25, 0.3) is 0 Å². The van der Waals surface area contributed by atoms with Crippen LogP contribution in [-0.4, -0.2) is 23.4 Å². The van der Waals surface area contributed by atoms with Crippen molar-refractivity contribution in [3.05, 3.63) is 0 Å². The number of esters is 1. The quantitative estimate of drug-likeness (QED) is 0.660. The van der Waals surface area contributed by atoms with Crippen molar-refractivity contribution in [1.82, 2.24) is 0 Å². The Morgan fingerprint density at radius 2 is 2.07 bits per heavy atom. The molecule has 0 amide bonds. The molecule has 1 unspecified atom stereocenters. The zero-order chi connectivity index (χ0) is 11.6. The van der Waals surface area contributed by atoms with Gasteiger partial charge in [0.25, 0.3) is 0 Å². The molecule has 0 aromatic heterocycles. The first kappa shape index (κ1) is 12.2. The van der Waals surface area contributed by atoms with Crippen LogP contribution in [-0.2, 0) is 14.3 Å². The second-order valence-corrected chi connectivity index (χ2v) is 5.02. The van der Waals surface area contributed by atoms with Crippen LogP contribution < -0.4 is 5.73 Å². The molecule has 1 saturated carbocycles. The molecule has 0 bridgehead atoms. The Hall–Kier alpha value is -0.900. The molecule has 0 spiro atoms. The summed E-state index contributed by atoms with van der Waals surface area (Å²) in [6, 6.07) is -0.673. The summed E-state index contributed by atoms with van der Waals surface area (Å²) in [5, 5.41) is 0. The van der Waals surface area contributed by atoms with E-state index in [-0.39, 0.29) is 11.8 Å². The van der Waals surface area contributed by atoms with Crippen molar-refractivity contribution < 1.29 is 14.3 Å². The number of ketones is 1. The van der Waals surface area contributed by atoms with Gasteiger partial charge in [-0.05, 0) is 33.6 Å². The van der Waals surface area contributed by atoms with Crippen molar-refractivity contribution in [2.24, 2.45) is 11.7 Å². The second kappa shape index (κ2) is 4.31. The van der Waals surface area contributed by atoms with Crippen molar-refractivity contribution in [1.29, 1.82) is 0 Å². The van der Waals surface area contributed by atoms with Gasteiger partial charge in [-0.25, -0.2) is 0 Å². The molecule has 0 radical (unpaired) electrons. The van der Waals surface area contributed by atoms with E-state index in [1.54, 1.807) is 20.8 Å². The summed E-state index contributed by atoms with van der Waals surface area (Å²) < 4.78 is 5.22. The highest BCUT2D eigenvalue weighted by Gasteiger charge is 2.36. The van der Waals surface area contributed by atoms with Gasteiger partial charge in [-0.15, -0.1) is 0 Å². The van der Waals surface area contributed by atoms with E-state index in [1.807, 2.05) is 0 Å². The van der Waals surface area contributed by atoms with Crippen LogP contribution in [0.15, 0.2) is 0 Å². The van der Waals surface area contributed by atoms with Crippen LogP contribution in [0, 0.1) is 5.92 Å². The van der Waals surface area contributed by atoms with E-state index in [2.05, 4.69) is 0 Å². The lowest BCUT2D eigenvalue weighted by Gasteiger charge is -2.29. The fourth-order valence-corrected chi connectivity index (χ4v) is 1.71. The van der Waals surface area contributed by atoms with Crippen LogP contribution in [0.3, 0.4) is 0 Å². The normalized spacial score (nSPS) is 27.6. The number of nitrogens with two attached hydrogens (primary N) is 1. The number of Topliss-reactive ketones (excluding diaryl/α,β-unsaturated/α-hetero) is 1. The lowest BCUT2D eigenvalue weighted by Crippen LogP contribution is -2.46. The van der Waals surface area contributed by atoms with Gasteiger partial charge in [0.15, 0.2) is 0 Å². The van der Waals surface area contributed by atoms with Gasteiger partial charge < -0.3 is 10.5 Å². The minimum atomic E-state index is -0.673.